The van der Waals surface area contributed by atoms with Crippen LogP contribution in [0.1, 0.15) is 12.5 Å². The van der Waals surface area contributed by atoms with E-state index in [0.717, 1.165) is 29.7 Å². The van der Waals surface area contributed by atoms with Crippen LogP contribution in [0.2, 0.25) is 0 Å². The first-order valence-electron chi connectivity index (χ1n) is 7.14. The number of anilines is 1. The van der Waals surface area contributed by atoms with Crippen molar-refractivity contribution in [2.24, 2.45) is 5.16 Å². The van der Waals surface area contributed by atoms with Crippen LogP contribution in [0, 0.1) is 0 Å². The van der Waals surface area contributed by atoms with Gasteiger partial charge in [0.05, 0.1) is 16.4 Å². The summed E-state index contributed by atoms with van der Waals surface area (Å²) in [5.41, 5.74) is -5.31. The summed E-state index contributed by atoms with van der Waals surface area (Å²) in [6, 6.07) is 1.50. The minimum atomic E-state index is -5.86. The molecule has 0 atom stereocenters. The molecule has 0 saturated heterocycles. The van der Waals surface area contributed by atoms with Gasteiger partial charge in [-0.15, -0.1) is 0 Å². The third kappa shape index (κ3) is 4.97. The molecule has 2 rings (SSSR count). The van der Waals surface area contributed by atoms with Crippen molar-refractivity contribution < 1.29 is 35.4 Å². The summed E-state index contributed by atoms with van der Waals surface area (Å²) in [4.78, 5) is 20.2. The van der Waals surface area contributed by atoms with Gasteiger partial charge in [-0.25, -0.2) is 9.78 Å². The number of oxime groups is 1. The van der Waals surface area contributed by atoms with Crippen molar-refractivity contribution in [2.45, 2.75) is 12.4 Å². The summed E-state index contributed by atoms with van der Waals surface area (Å²) in [5.74, 6) is -0.618. The number of aromatic nitrogens is 1. The van der Waals surface area contributed by atoms with Gasteiger partial charge in [0.15, 0.2) is 5.13 Å². The maximum absolute atomic E-state index is 12.5. The highest BCUT2D eigenvalue weighted by atomic mass is 32.2. The Hall–Kier alpha value is -2.61. The van der Waals surface area contributed by atoms with Gasteiger partial charge >= 0.3 is 21.7 Å². The molecule has 0 saturated carbocycles. The van der Waals surface area contributed by atoms with Crippen molar-refractivity contribution in [1.29, 1.82) is 0 Å². The number of amides is 2. The number of hydrogen-bond donors (Lipinski definition) is 2. The minimum Gasteiger partial charge on any atom is -0.399 e. The number of rotatable bonds is 6. The van der Waals surface area contributed by atoms with Gasteiger partial charge < -0.3 is 14.3 Å². The van der Waals surface area contributed by atoms with Gasteiger partial charge in [0, 0.05) is 18.2 Å². The van der Waals surface area contributed by atoms with Crippen LogP contribution in [0.15, 0.2) is 17.3 Å². The van der Waals surface area contributed by atoms with Gasteiger partial charge in [-0.3, -0.25) is 5.32 Å². The molecule has 9 nitrogen and oxygen atoms in total. The van der Waals surface area contributed by atoms with Crippen LogP contribution >= 0.6 is 11.3 Å². The first kappa shape index (κ1) is 20.7. The van der Waals surface area contributed by atoms with Crippen LogP contribution in [0.25, 0.3) is 10.2 Å². The molecule has 148 valence electrons. The minimum absolute atomic E-state index is 0.0965. The third-order valence-corrected chi connectivity index (χ3v) is 4.85. The van der Waals surface area contributed by atoms with Crippen molar-refractivity contribution in [1.82, 2.24) is 10.3 Å². The lowest BCUT2D eigenvalue weighted by molar-refractivity contribution is -0.0500. The number of benzene rings is 1. The molecule has 27 heavy (non-hydrogen) atoms. The Bertz CT molecular complexity index is 972. The summed E-state index contributed by atoms with van der Waals surface area (Å²) < 4.78 is 64.6. The summed E-state index contributed by atoms with van der Waals surface area (Å²) in [7, 11) is -4.61. The number of carbonyl (C=O) groups excluding carboxylic acids is 1. The fraction of sp³-hybridized carbons (Fsp3) is 0.308. The number of thiazole rings is 1. The predicted molar refractivity (Wildman–Crippen MR) is 92.5 cm³/mol. The molecule has 0 aliphatic rings. The van der Waals surface area contributed by atoms with Crippen molar-refractivity contribution in [2.75, 3.05) is 19.0 Å². The molecular weight excluding hydrogens is 413 g/mol. The second kappa shape index (κ2) is 7.96. The van der Waals surface area contributed by atoms with Crippen LogP contribution in [0.4, 0.5) is 23.1 Å². The van der Waals surface area contributed by atoms with E-state index in [-0.39, 0.29) is 16.2 Å². The molecule has 0 aliphatic heterocycles. The second-order valence-corrected chi connectivity index (χ2v) is 7.30. The van der Waals surface area contributed by atoms with Crippen molar-refractivity contribution in [3.05, 3.63) is 17.7 Å². The highest BCUT2D eigenvalue weighted by Crippen LogP contribution is 2.34. The average molecular weight is 426 g/mol. The normalized spacial score (nSPS) is 12.3. The van der Waals surface area contributed by atoms with E-state index >= 15 is 0 Å². The zero-order valence-corrected chi connectivity index (χ0v) is 15.5. The van der Waals surface area contributed by atoms with E-state index in [0.29, 0.717) is 11.2 Å². The molecule has 0 bridgehead atoms. The van der Waals surface area contributed by atoms with Gasteiger partial charge in [-0.2, -0.15) is 21.6 Å². The average Bonchev–Trinajstić information content (AvgIpc) is 2.93. The van der Waals surface area contributed by atoms with Gasteiger partial charge in [0.1, 0.15) is 12.9 Å². The molecule has 2 amide bonds. The van der Waals surface area contributed by atoms with Crippen LogP contribution < -0.4 is 14.8 Å². The molecule has 1 aromatic carbocycles. The van der Waals surface area contributed by atoms with Crippen molar-refractivity contribution in [3.63, 3.8) is 0 Å². The molecule has 14 heteroatoms. The number of carbonyl (C=O) groups is 1. The Morgan fingerprint density at radius 2 is 2.11 bits per heavy atom. The smallest absolute Gasteiger partial charge is 0.399 e. The molecule has 0 unspecified atom stereocenters. The highest BCUT2D eigenvalue weighted by molar-refractivity contribution is 7.88. The fourth-order valence-electron chi connectivity index (χ4n) is 1.81. The molecule has 1 heterocycles. The fourth-order valence-corrected chi connectivity index (χ4v) is 3.18. The van der Waals surface area contributed by atoms with Gasteiger partial charge in [-0.1, -0.05) is 16.5 Å². The lowest BCUT2D eigenvalue weighted by atomic mass is 10.2. The van der Waals surface area contributed by atoms with Gasteiger partial charge in [-0.05, 0) is 13.0 Å². The van der Waals surface area contributed by atoms with Crippen LogP contribution in [0.3, 0.4) is 0 Å². The Morgan fingerprint density at radius 1 is 1.41 bits per heavy atom. The maximum Gasteiger partial charge on any atom is 0.534 e. The molecule has 1 aromatic heterocycles. The molecule has 0 fully saturated rings. The molecular formula is C13H13F3N4O5S2. The van der Waals surface area contributed by atoms with E-state index in [1.54, 1.807) is 6.92 Å². The van der Waals surface area contributed by atoms with E-state index in [1.165, 1.54) is 7.11 Å². The number of nitrogens with one attached hydrogen (secondary N) is 2. The third-order valence-electron chi connectivity index (χ3n) is 2.84. The first-order chi connectivity index (χ1) is 12.6. The van der Waals surface area contributed by atoms with Gasteiger partial charge in [0.25, 0.3) is 0 Å². The van der Waals surface area contributed by atoms with E-state index < -0.39 is 27.4 Å². The lowest BCUT2D eigenvalue weighted by Crippen LogP contribution is -2.28. The van der Waals surface area contributed by atoms with E-state index in [1.807, 2.05) is 0 Å². The Labute approximate surface area is 155 Å². The summed E-state index contributed by atoms with van der Waals surface area (Å²) in [6.07, 6.45) is 1.14. The quantitative estimate of drug-likeness (QED) is 0.317. The zero-order chi connectivity index (χ0) is 20.2. The molecule has 0 aliphatic carbocycles. The topological polar surface area (TPSA) is 119 Å². The molecule has 2 aromatic rings. The number of hydrogen-bond acceptors (Lipinski definition) is 8. The van der Waals surface area contributed by atoms with Gasteiger partial charge in [0.2, 0.25) is 0 Å². The number of nitrogens with zero attached hydrogens (tertiary/aromatic N) is 2. The summed E-state index contributed by atoms with van der Waals surface area (Å²) in [5, 5.41) is 8.58. The highest BCUT2D eigenvalue weighted by Gasteiger charge is 2.48. The Balaban J connectivity index is 2.48. The number of halogens is 3. The van der Waals surface area contributed by atoms with Crippen LogP contribution in [-0.2, 0) is 15.0 Å². The second-order valence-electron chi connectivity index (χ2n) is 4.76. The van der Waals surface area contributed by atoms with Crippen molar-refractivity contribution in [3.8, 4) is 5.75 Å². The molecule has 2 N–H and O–H groups in total. The van der Waals surface area contributed by atoms with Crippen LogP contribution in [0.5, 0.6) is 5.75 Å². The van der Waals surface area contributed by atoms with Crippen LogP contribution in [-0.4, -0.2) is 44.8 Å². The maximum atomic E-state index is 12.5. The standard InChI is InChI=1S/C13H13F3N4O5S2/c1-3-17-11(21)20-12-19-9-5-8(25-27(22,23)13(14,15)16)4-7(6-18-24-2)10(9)26-12/h4-6H,3H2,1-2H3,(H2,17,19,20,21)/b18-6-. The number of urea groups is 1. The predicted octanol–water partition coefficient (Wildman–Crippen LogP) is 2.65. The van der Waals surface area contributed by atoms with Crippen molar-refractivity contribution >= 4 is 49.0 Å². The monoisotopic (exact) mass is 426 g/mol. The Kier molecular flexibility index (Phi) is 6.10. The van der Waals surface area contributed by atoms with E-state index in [9.17, 15) is 26.4 Å². The number of alkyl halides is 3. The van der Waals surface area contributed by atoms with E-state index in [2.05, 4.69) is 29.8 Å². The number of fused-ring (bicyclic) bond motifs is 1. The largest absolute Gasteiger partial charge is 0.534 e. The SMILES string of the molecule is CCNC(=O)Nc1nc2cc(OS(=O)(=O)C(F)(F)F)cc(/C=N\OC)c2s1. The zero-order valence-electron chi connectivity index (χ0n) is 13.8. The first-order valence-corrected chi connectivity index (χ1v) is 9.36. The van der Waals surface area contributed by atoms with E-state index in [4.69, 9.17) is 0 Å². The lowest BCUT2D eigenvalue weighted by Gasteiger charge is -2.09. The molecule has 0 radical (unpaired) electrons. The Morgan fingerprint density at radius 3 is 2.70 bits per heavy atom. The summed E-state index contributed by atoms with van der Waals surface area (Å²) in [6.45, 7) is 2.08. The summed E-state index contributed by atoms with van der Waals surface area (Å²) >= 11 is 1.00. The molecule has 0 spiro atoms.